The number of hydrogen-bond acceptors (Lipinski definition) is 5. The molecular weight excluding hydrogens is 296 g/mol. The number of hydrogen-bond donors (Lipinski definition) is 3. The van der Waals surface area contributed by atoms with Gasteiger partial charge in [0.1, 0.15) is 0 Å². The average molecular weight is 320 g/mol. The molecule has 6 nitrogen and oxygen atoms in total. The second-order valence-corrected chi connectivity index (χ2v) is 6.56. The maximum absolute atomic E-state index is 12.0. The van der Waals surface area contributed by atoms with Gasteiger partial charge in [0.2, 0.25) is 5.91 Å². The van der Waals surface area contributed by atoms with Crippen LogP contribution in [-0.4, -0.2) is 58.2 Å². The van der Waals surface area contributed by atoms with Crippen molar-refractivity contribution in [1.82, 2.24) is 4.90 Å². The summed E-state index contributed by atoms with van der Waals surface area (Å²) < 4.78 is 0. The topological polar surface area (TPSA) is 84.2 Å². The van der Waals surface area contributed by atoms with Crippen LogP contribution in [0.2, 0.25) is 0 Å². The number of nitrogens with zero attached hydrogens (tertiary/aromatic N) is 2. The highest BCUT2D eigenvalue weighted by Crippen LogP contribution is 2.27. The fourth-order valence-corrected chi connectivity index (χ4v) is 3.30. The summed E-state index contributed by atoms with van der Waals surface area (Å²) in [7, 11) is 0. The molecule has 2 saturated heterocycles. The van der Waals surface area contributed by atoms with Crippen molar-refractivity contribution in [2.45, 2.75) is 38.2 Å². The second kappa shape index (κ2) is 6.97. The van der Waals surface area contributed by atoms with Crippen LogP contribution in [0.4, 0.5) is 5.69 Å². The molecule has 0 aliphatic carbocycles. The normalized spacial score (nSPS) is 23.9. The molecule has 0 radical (unpaired) electrons. The van der Waals surface area contributed by atoms with Crippen LogP contribution >= 0.6 is 0 Å². The number of aliphatic hydroxyl groups is 3. The maximum atomic E-state index is 12.0. The predicted octanol–water partition coefficient (Wildman–Crippen LogP) is 0.307. The molecule has 6 heteroatoms. The summed E-state index contributed by atoms with van der Waals surface area (Å²) in [6.07, 6.45) is 0.216. The van der Waals surface area contributed by atoms with Crippen molar-refractivity contribution < 1.29 is 20.1 Å². The Kier molecular flexibility index (Phi) is 4.96. The number of likely N-dealkylation sites (tertiary alicyclic amines) is 1. The predicted molar refractivity (Wildman–Crippen MR) is 85.6 cm³/mol. The molecular formula is C17H24N2O4. The Labute approximate surface area is 135 Å². The quantitative estimate of drug-likeness (QED) is 0.695. The summed E-state index contributed by atoms with van der Waals surface area (Å²) in [5.41, 5.74) is 1.98. The first-order valence-electron chi connectivity index (χ1n) is 8.19. The maximum Gasteiger partial charge on any atom is 0.227 e. The minimum atomic E-state index is -1.45. The van der Waals surface area contributed by atoms with Crippen molar-refractivity contribution in [2.75, 3.05) is 24.5 Å². The molecule has 0 spiro atoms. The van der Waals surface area contributed by atoms with Gasteiger partial charge in [0.25, 0.3) is 0 Å². The Morgan fingerprint density at radius 2 is 1.78 bits per heavy atom. The van der Waals surface area contributed by atoms with E-state index in [2.05, 4.69) is 4.90 Å². The van der Waals surface area contributed by atoms with Crippen LogP contribution in [-0.2, 0) is 11.3 Å². The van der Waals surface area contributed by atoms with E-state index in [9.17, 15) is 20.1 Å². The Hall–Kier alpha value is -1.47. The Bertz CT molecular complexity index is 538. The summed E-state index contributed by atoms with van der Waals surface area (Å²) >= 11 is 0. The summed E-state index contributed by atoms with van der Waals surface area (Å²) in [6, 6.07) is 7.85. The number of rotatable bonds is 4. The minimum Gasteiger partial charge on any atom is -0.393 e. The molecule has 3 N–H and O–H groups in total. The van der Waals surface area contributed by atoms with Gasteiger partial charge >= 0.3 is 0 Å². The number of anilines is 1. The molecule has 1 unspecified atom stereocenters. The highest BCUT2D eigenvalue weighted by Gasteiger charge is 2.34. The van der Waals surface area contributed by atoms with Crippen LogP contribution in [0, 0.1) is 5.92 Å². The zero-order valence-electron chi connectivity index (χ0n) is 13.1. The van der Waals surface area contributed by atoms with Gasteiger partial charge in [-0.05, 0) is 30.5 Å². The number of amides is 1. The summed E-state index contributed by atoms with van der Waals surface area (Å²) in [4.78, 5) is 15.9. The van der Waals surface area contributed by atoms with Crippen LogP contribution in [0.1, 0.15) is 24.8 Å². The molecule has 0 saturated carbocycles. The minimum absolute atomic E-state index is 0.0686. The lowest BCUT2D eigenvalue weighted by atomic mass is 10.1. The zero-order chi connectivity index (χ0) is 16.4. The molecule has 1 amide bonds. The van der Waals surface area contributed by atoms with E-state index in [0.29, 0.717) is 6.54 Å². The number of carbonyl (C=O) groups is 1. The number of benzene rings is 1. The zero-order valence-corrected chi connectivity index (χ0v) is 13.1. The lowest BCUT2D eigenvalue weighted by Gasteiger charge is -2.29. The van der Waals surface area contributed by atoms with Crippen LogP contribution in [0.25, 0.3) is 0 Å². The molecule has 126 valence electrons. The van der Waals surface area contributed by atoms with Gasteiger partial charge in [-0.15, -0.1) is 0 Å². The molecule has 3 rings (SSSR count). The van der Waals surface area contributed by atoms with Gasteiger partial charge in [0, 0.05) is 44.2 Å². The molecule has 2 aliphatic rings. The fourth-order valence-electron chi connectivity index (χ4n) is 3.30. The molecule has 1 atom stereocenters. The van der Waals surface area contributed by atoms with Gasteiger partial charge in [-0.2, -0.15) is 0 Å². The van der Waals surface area contributed by atoms with E-state index in [1.54, 1.807) is 4.90 Å². The van der Waals surface area contributed by atoms with Crippen molar-refractivity contribution in [3.05, 3.63) is 29.8 Å². The van der Waals surface area contributed by atoms with Gasteiger partial charge in [-0.3, -0.25) is 9.69 Å². The molecule has 2 aliphatic heterocycles. The van der Waals surface area contributed by atoms with E-state index in [4.69, 9.17) is 0 Å². The van der Waals surface area contributed by atoms with E-state index in [-0.39, 0.29) is 18.4 Å². The Morgan fingerprint density at radius 3 is 2.35 bits per heavy atom. The van der Waals surface area contributed by atoms with Gasteiger partial charge in [0.05, 0.1) is 6.10 Å². The lowest BCUT2D eigenvalue weighted by molar-refractivity contribution is -0.120. The van der Waals surface area contributed by atoms with Gasteiger partial charge < -0.3 is 20.2 Å². The molecule has 2 fully saturated rings. The smallest absolute Gasteiger partial charge is 0.227 e. The van der Waals surface area contributed by atoms with Crippen LogP contribution in [0.15, 0.2) is 24.3 Å². The third-order valence-electron chi connectivity index (χ3n) is 4.79. The molecule has 0 aromatic heterocycles. The third-order valence-corrected chi connectivity index (χ3v) is 4.79. The average Bonchev–Trinajstić information content (AvgIpc) is 2.93. The van der Waals surface area contributed by atoms with E-state index in [0.717, 1.165) is 38.2 Å². The van der Waals surface area contributed by atoms with E-state index < -0.39 is 12.2 Å². The van der Waals surface area contributed by atoms with E-state index >= 15 is 0 Å². The third kappa shape index (κ3) is 3.90. The Balaban J connectivity index is 1.60. The molecule has 1 aromatic rings. The van der Waals surface area contributed by atoms with Crippen molar-refractivity contribution in [3.8, 4) is 0 Å². The van der Waals surface area contributed by atoms with Crippen LogP contribution in [0.5, 0.6) is 0 Å². The van der Waals surface area contributed by atoms with Gasteiger partial charge in [0.15, 0.2) is 6.29 Å². The number of carbonyl (C=O) groups excluding carboxylic acids is 1. The van der Waals surface area contributed by atoms with Crippen molar-refractivity contribution in [2.24, 2.45) is 5.92 Å². The van der Waals surface area contributed by atoms with Gasteiger partial charge in [-0.1, -0.05) is 12.1 Å². The standard InChI is InChI=1S/C17H24N2O4/c20-15-5-7-18(8-6-15)10-12-1-3-14(4-2-12)19-11-13(17(22)23)9-16(19)21/h1-4,13,15,17,20,22-23H,5-11H2. The summed E-state index contributed by atoms with van der Waals surface area (Å²) in [5.74, 6) is -0.483. The molecule has 1 aromatic carbocycles. The SMILES string of the molecule is O=C1CC(C(O)O)CN1c1ccc(CN2CCC(O)CC2)cc1. The Morgan fingerprint density at radius 1 is 1.13 bits per heavy atom. The van der Waals surface area contributed by atoms with Crippen LogP contribution in [0.3, 0.4) is 0 Å². The highest BCUT2D eigenvalue weighted by molar-refractivity contribution is 5.95. The number of aliphatic hydroxyl groups excluding tert-OH is 2. The first-order valence-corrected chi connectivity index (χ1v) is 8.19. The summed E-state index contributed by atoms with van der Waals surface area (Å²) in [5, 5.41) is 28.0. The van der Waals surface area contributed by atoms with Crippen LogP contribution < -0.4 is 4.90 Å². The van der Waals surface area contributed by atoms with Gasteiger partial charge in [-0.25, -0.2) is 0 Å². The van der Waals surface area contributed by atoms with E-state index in [1.165, 1.54) is 5.56 Å². The molecule has 2 heterocycles. The fraction of sp³-hybridized carbons (Fsp3) is 0.588. The lowest BCUT2D eigenvalue weighted by Crippen LogP contribution is -2.35. The molecule has 0 bridgehead atoms. The first kappa shape index (κ1) is 16.4. The molecule has 23 heavy (non-hydrogen) atoms. The van der Waals surface area contributed by atoms with Crippen molar-refractivity contribution >= 4 is 11.6 Å². The first-order chi connectivity index (χ1) is 11.0. The second-order valence-electron chi connectivity index (χ2n) is 6.56. The van der Waals surface area contributed by atoms with Crippen molar-refractivity contribution in [1.29, 1.82) is 0 Å². The van der Waals surface area contributed by atoms with Crippen molar-refractivity contribution in [3.63, 3.8) is 0 Å². The monoisotopic (exact) mass is 320 g/mol. The summed E-state index contributed by atoms with van der Waals surface area (Å²) in [6.45, 7) is 3.01. The van der Waals surface area contributed by atoms with E-state index in [1.807, 2.05) is 24.3 Å². The number of piperidine rings is 1. The highest BCUT2D eigenvalue weighted by atomic mass is 16.5. The largest absolute Gasteiger partial charge is 0.393 e.